The Morgan fingerprint density at radius 3 is 2.75 bits per heavy atom. The van der Waals surface area contributed by atoms with Gasteiger partial charge in [0.05, 0.1) is 5.69 Å². The van der Waals surface area contributed by atoms with E-state index >= 15 is 0 Å². The van der Waals surface area contributed by atoms with E-state index in [9.17, 15) is 4.39 Å². The van der Waals surface area contributed by atoms with Crippen LogP contribution in [0.25, 0.3) is 10.6 Å². The molecule has 0 radical (unpaired) electrons. The summed E-state index contributed by atoms with van der Waals surface area (Å²) in [6.07, 6.45) is 3.88. The Morgan fingerprint density at radius 2 is 2.00 bits per heavy atom. The molecule has 1 aliphatic rings. The van der Waals surface area contributed by atoms with Crippen molar-refractivity contribution in [2.24, 2.45) is 5.92 Å². The molecule has 24 heavy (non-hydrogen) atoms. The minimum absolute atomic E-state index is 0.208. The third-order valence-corrected chi connectivity index (χ3v) is 5.59. The summed E-state index contributed by atoms with van der Waals surface area (Å²) in [6.45, 7) is 7.89. The van der Waals surface area contributed by atoms with E-state index in [4.69, 9.17) is 0 Å². The monoisotopic (exact) mass is 347 g/mol. The van der Waals surface area contributed by atoms with Crippen LogP contribution in [0, 0.1) is 11.7 Å². The smallest absolute Gasteiger partial charge is 0.123 e. The predicted octanol–water partition coefficient (Wildman–Crippen LogP) is 4.16. The SMILES string of the molecule is CC1CCN(CCCNCc2csc(-c3ccc(F)cc3)n2)CC1. The fourth-order valence-corrected chi connectivity index (χ4v) is 3.87. The Bertz CT molecular complexity index is 618. The molecule has 0 saturated carbocycles. The molecule has 1 saturated heterocycles. The molecule has 2 heterocycles. The fourth-order valence-electron chi connectivity index (χ4n) is 3.04. The molecule has 1 fully saturated rings. The molecule has 3 rings (SSSR count). The highest BCUT2D eigenvalue weighted by Gasteiger charge is 2.14. The van der Waals surface area contributed by atoms with E-state index in [1.165, 1.54) is 51.0 Å². The first-order valence-corrected chi connectivity index (χ1v) is 9.72. The standard InChI is InChI=1S/C19H26FN3S/c1-15-7-11-23(12-8-15)10-2-9-21-13-18-14-24-19(22-18)16-3-5-17(20)6-4-16/h3-6,14-15,21H,2,7-13H2,1H3. The van der Waals surface area contributed by atoms with Crippen LogP contribution in [0.15, 0.2) is 29.6 Å². The summed E-state index contributed by atoms with van der Waals surface area (Å²) in [5, 5.41) is 6.52. The zero-order valence-corrected chi connectivity index (χ0v) is 15.1. The fraction of sp³-hybridized carbons (Fsp3) is 0.526. The molecule has 0 bridgehead atoms. The van der Waals surface area contributed by atoms with E-state index in [2.05, 4.69) is 27.5 Å². The first kappa shape index (κ1) is 17.5. The maximum Gasteiger partial charge on any atom is 0.123 e. The maximum absolute atomic E-state index is 13.0. The van der Waals surface area contributed by atoms with Crippen molar-refractivity contribution in [3.05, 3.63) is 41.2 Å². The molecule has 0 atom stereocenters. The van der Waals surface area contributed by atoms with E-state index in [0.717, 1.165) is 35.3 Å². The van der Waals surface area contributed by atoms with Crippen LogP contribution in [0.2, 0.25) is 0 Å². The van der Waals surface area contributed by atoms with Gasteiger partial charge in [0.2, 0.25) is 0 Å². The summed E-state index contributed by atoms with van der Waals surface area (Å²) >= 11 is 1.61. The quantitative estimate of drug-likeness (QED) is 0.762. The van der Waals surface area contributed by atoms with E-state index in [-0.39, 0.29) is 5.82 Å². The van der Waals surface area contributed by atoms with Crippen LogP contribution in [-0.2, 0) is 6.54 Å². The second-order valence-electron chi connectivity index (χ2n) is 6.71. The molecule has 3 nitrogen and oxygen atoms in total. The van der Waals surface area contributed by atoms with Crippen molar-refractivity contribution in [1.82, 2.24) is 15.2 Å². The minimum Gasteiger partial charge on any atom is -0.311 e. The van der Waals surface area contributed by atoms with E-state index < -0.39 is 0 Å². The number of benzene rings is 1. The number of piperidine rings is 1. The number of nitrogens with one attached hydrogen (secondary N) is 1. The first-order chi connectivity index (χ1) is 11.7. The van der Waals surface area contributed by atoms with Crippen LogP contribution in [-0.4, -0.2) is 36.1 Å². The number of rotatable bonds is 7. The topological polar surface area (TPSA) is 28.2 Å². The van der Waals surface area contributed by atoms with E-state index in [0.29, 0.717) is 0 Å². The van der Waals surface area contributed by atoms with Crippen LogP contribution < -0.4 is 5.32 Å². The number of nitrogens with zero attached hydrogens (tertiary/aromatic N) is 2. The van der Waals surface area contributed by atoms with Gasteiger partial charge in [-0.3, -0.25) is 0 Å². The van der Waals surface area contributed by atoms with Gasteiger partial charge >= 0.3 is 0 Å². The number of halogens is 1. The van der Waals surface area contributed by atoms with Crippen LogP contribution in [0.5, 0.6) is 0 Å². The van der Waals surface area contributed by atoms with Gasteiger partial charge in [-0.25, -0.2) is 9.37 Å². The predicted molar refractivity (Wildman–Crippen MR) is 98.7 cm³/mol. The second kappa shape index (κ2) is 8.70. The Kier molecular flexibility index (Phi) is 6.35. The molecule has 130 valence electrons. The molecule has 1 aliphatic heterocycles. The van der Waals surface area contributed by atoms with Gasteiger partial charge in [0, 0.05) is 17.5 Å². The maximum atomic E-state index is 13.0. The van der Waals surface area contributed by atoms with E-state index in [1.807, 2.05) is 0 Å². The first-order valence-electron chi connectivity index (χ1n) is 8.84. The molecule has 0 amide bonds. The molecule has 1 aromatic heterocycles. The van der Waals surface area contributed by atoms with Gasteiger partial charge in [0.1, 0.15) is 10.8 Å². The van der Waals surface area contributed by atoms with Crippen molar-refractivity contribution in [3.63, 3.8) is 0 Å². The summed E-state index contributed by atoms with van der Waals surface area (Å²) in [4.78, 5) is 7.21. The van der Waals surface area contributed by atoms with Crippen molar-refractivity contribution >= 4 is 11.3 Å². The van der Waals surface area contributed by atoms with Gasteiger partial charge < -0.3 is 10.2 Å². The number of hydrogen-bond acceptors (Lipinski definition) is 4. The minimum atomic E-state index is -0.208. The summed E-state index contributed by atoms with van der Waals surface area (Å²) in [7, 11) is 0. The van der Waals surface area contributed by atoms with E-state index in [1.54, 1.807) is 23.5 Å². The number of likely N-dealkylation sites (tertiary alicyclic amines) is 1. The second-order valence-corrected chi connectivity index (χ2v) is 7.56. The highest BCUT2D eigenvalue weighted by atomic mass is 32.1. The summed E-state index contributed by atoms with van der Waals surface area (Å²) in [6, 6.07) is 6.53. The molecule has 0 spiro atoms. The zero-order valence-electron chi connectivity index (χ0n) is 14.3. The number of thiazole rings is 1. The van der Waals surface area contributed by atoms with Crippen molar-refractivity contribution in [2.45, 2.75) is 32.7 Å². The molecule has 2 aromatic rings. The molecular formula is C19H26FN3S. The molecule has 1 N–H and O–H groups in total. The van der Waals surface area contributed by atoms with Gasteiger partial charge in [-0.2, -0.15) is 0 Å². The van der Waals surface area contributed by atoms with Gasteiger partial charge in [-0.15, -0.1) is 11.3 Å². The van der Waals surface area contributed by atoms with Crippen molar-refractivity contribution in [3.8, 4) is 10.6 Å². The van der Waals surface area contributed by atoms with Crippen LogP contribution >= 0.6 is 11.3 Å². The lowest BCUT2D eigenvalue weighted by molar-refractivity contribution is 0.190. The van der Waals surface area contributed by atoms with Crippen molar-refractivity contribution in [1.29, 1.82) is 0 Å². The lowest BCUT2D eigenvalue weighted by atomic mass is 9.99. The highest BCUT2D eigenvalue weighted by Crippen LogP contribution is 2.23. The van der Waals surface area contributed by atoms with Gasteiger partial charge in [0.25, 0.3) is 0 Å². The van der Waals surface area contributed by atoms with Crippen molar-refractivity contribution in [2.75, 3.05) is 26.2 Å². The Labute approximate surface area is 147 Å². The summed E-state index contributed by atoms with van der Waals surface area (Å²) in [5.74, 6) is 0.694. The normalized spacial score (nSPS) is 16.6. The molecular weight excluding hydrogens is 321 g/mol. The van der Waals surface area contributed by atoms with Gasteiger partial charge in [-0.1, -0.05) is 6.92 Å². The number of hydrogen-bond donors (Lipinski definition) is 1. The molecule has 1 aromatic carbocycles. The van der Waals surface area contributed by atoms with Crippen LogP contribution in [0.1, 0.15) is 31.9 Å². The van der Waals surface area contributed by atoms with Crippen molar-refractivity contribution < 1.29 is 4.39 Å². The van der Waals surface area contributed by atoms with Crippen LogP contribution in [0.4, 0.5) is 4.39 Å². The average molecular weight is 348 g/mol. The summed E-state index contributed by atoms with van der Waals surface area (Å²) < 4.78 is 13.0. The zero-order chi connectivity index (χ0) is 16.8. The molecule has 0 aliphatic carbocycles. The molecule has 0 unspecified atom stereocenters. The lowest BCUT2D eigenvalue weighted by Crippen LogP contribution is -2.34. The van der Waals surface area contributed by atoms with Gasteiger partial charge in [-0.05, 0) is 75.6 Å². The largest absolute Gasteiger partial charge is 0.311 e. The van der Waals surface area contributed by atoms with Crippen LogP contribution in [0.3, 0.4) is 0 Å². The Morgan fingerprint density at radius 1 is 1.25 bits per heavy atom. The third kappa shape index (κ3) is 5.10. The number of aromatic nitrogens is 1. The molecule has 5 heteroatoms. The summed E-state index contributed by atoms with van der Waals surface area (Å²) in [5.41, 5.74) is 2.04. The third-order valence-electron chi connectivity index (χ3n) is 4.65. The Balaban J connectivity index is 1.36. The Hall–Kier alpha value is -1.30. The average Bonchev–Trinajstić information content (AvgIpc) is 3.06. The van der Waals surface area contributed by atoms with Gasteiger partial charge in [0.15, 0.2) is 0 Å². The highest BCUT2D eigenvalue weighted by molar-refractivity contribution is 7.13. The lowest BCUT2D eigenvalue weighted by Gasteiger charge is -2.30.